The van der Waals surface area contributed by atoms with Crippen molar-refractivity contribution in [2.75, 3.05) is 18.4 Å². The number of ether oxygens (including phenoxy) is 1. The number of amides is 1. The third-order valence-electron chi connectivity index (χ3n) is 5.65. The summed E-state index contributed by atoms with van der Waals surface area (Å²) >= 11 is 0. The van der Waals surface area contributed by atoms with Crippen LogP contribution >= 0.6 is 0 Å². The van der Waals surface area contributed by atoms with E-state index in [0.29, 0.717) is 30.4 Å². The highest BCUT2D eigenvalue weighted by Crippen LogP contribution is 2.32. The van der Waals surface area contributed by atoms with Gasteiger partial charge < -0.3 is 15.8 Å². The third-order valence-corrected chi connectivity index (χ3v) is 6.89. The molecule has 0 atom stereocenters. The predicted molar refractivity (Wildman–Crippen MR) is 147 cm³/mol. The second kappa shape index (κ2) is 11.4. The van der Waals surface area contributed by atoms with Crippen LogP contribution in [0.2, 0.25) is 0 Å². The number of pyridine rings is 2. The maximum absolute atomic E-state index is 13.3. The maximum Gasteiger partial charge on any atom is 0.281 e. The number of hydrogen-bond donors (Lipinski definition) is 3. The van der Waals surface area contributed by atoms with Gasteiger partial charge in [-0.1, -0.05) is 54.1 Å². The van der Waals surface area contributed by atoms with Gasteiger partial charge in [0.05, 0.1) is 5.69 Å². The molecule has 196 valence electrons. The molecular weight excluding hydrogens is 502 g/mol. The van der Waals surface area contributed by atoms with Gasteiger partial charge in [0, 0.05) is 18.7 Å². The van der Waals surface area contributed by atoms with Crippen LogP contribution < -0.4 is 20.5 Å². The zero-order valence-electron chi connectivity index (χ0n) is 21.4. The van der Waals surface area contributed by atoms with Crippen molar-refractivity contribution in [2.45, 2.75) is 25.8 Å². The number of anilines is 1. The number of hydrogen-bond acceptors (Lipinski definition) is 8. The fourth-order valence-electron chi connectivity index (χ4n) is 3.98. The largest absolute Gasteiger partial charge is 0.438 e. The number of nitrogens with one attached hydrogen (secondary N) is 2. The first kappa shape index (κ1) is 26.8. The van der Waals surface area contributed by atoms with Gasteiger partial charge in [0.1, 0.15) is 17.1 Å². The molecule has 0 aliphatic rings. The van der Waals surface area contributed by atoms with Crippen molar-refractivity contribution in [1.29, 1.82) is 0 Å². The summed E-state index contributed by atoms with van der Waals surface area (Å²) in [5, 5.41) is 2.61. The summed E-state index contributed by atoms with van der Waals surface area (Å²) in [5.74, 6) is -0.0309. The lowest BCUT2D eigenvalue weighted by Gasteiger charge is -2.16. The summed E-state index contributed by atoms with van der Waals surface area (Å²) in [6.45, 7) is 6.55. The fourth-order valence-corrected chi connectivity index (χ4v) is 4.91. The molecule has 0 bridgehead atoms. The Morgan fingerprint density at radius 2 is 1.63 bits per heavy atom. The molecule has 0 radical (unpaired) electrons. The summed E-state index contributed by atoms with van der Waals surface area (Å²) < 4.78 is 34.4. The Balaban J connectivity index is 1.71. The van der Waals surface area contributed by atoms with E-state index in [1.165, 1.54) is 18.2 Å². The van der Waals surface area contributed by atoms with Crippen LogP contribution in [0.4, 0.5) is 5.82 Å². The van der Waals surface area contributed by atoms with Crippen molar-refractivity contribution in [2.24, 2.45) is 5.73 Å². The van der Waals surface area contributed by atoms with Crippen molar-refractivity contribution in [3.8, 4) is 22.9 Å². The van der Waals surface area contributed by atoms with Gasteiger partial charge in [0.15, 0.2) is 5.03 Å². The Kier molecular flexibility index (Phi) is 8.04. The summed E-state index contributed by atoms with van der Waals surface area (Å²) in [5.41, 5.74) is 9.63. The molecule has 9 nitrogen and oxygen atoms in total. The standard InChI is InChI=1S/C28H29N5O4S/c1-18-16-19(2)26(20(3)17-18)37-28-22(12-13-23(31-28)21-8-5-4-6-9-21)27(34)33-38(35,36)25-11-7-10-24(32-25)30-15-14-29/h4-13,16-17H,14-15,29H2,1-3H3,(H,30,32)(H,33,34). The maximum atomic E-state index is 13.3. The minimum Gasteiger partial charge on any atom is -0.438 e. The number of nitrogens with two attached hydrogens (primary N) is 1. The van der Waals surface area contributed by atoms with Crippen LogP contribution in [0.1, 0.15) is 27.0 Å². The molecule has 2 aromatic carbocycles. The number of aryl methyl sites for hydroxylation is 3. The van der Waals surface area contributed by atoms with Crippen molar-refractivity contribution in [3.63, 3.8) is 0 Å². The van der Waals surface area contributed by atoms with E-state index in [-0.39, 0.29) is 16.5 Å². The lowest BCUT2D eigenvalue weighted by Crippen LogP contribution is -2.31. The van der Waals surface area contributed by atoms with Crippen molar-refractivity contribution in [3.05, 3.63) is 95.1 Å². The summed E-state index contributed by atoms with van der Waals surface area (Å²) in [6, 6.07) is 20.9. The predicted octanol–water partition coefficient (Wildman–Crippen LogP) is 4.35. The lowest BCUT2D eigenvalue weighted by molar-refractivity contribution is 0.0978. The molecular formula is C28H29N5O4S. The van der Waals surface area contributed by atoms with Crippen molar-refractivity contribution >= 4 is 21.7 Å². The minimum absolute atomic E-state index is 0.0135. The lowest BCUT2D eigenvalue weighted by atomic mass is 10.1. The molecule has 4 N–H and O–H groups in total. The molecule has 0 unspecified atom stereocenters. The molecule has 4 aromatic rings. The van der Waals surface area contributed by atoms with Crippen molar-refractivity contribution in [1.82, 2.24) is 14.7 Å². The highest BCUT2D eigenvalue weighted by Gasteiger charge is 2.25. The van der Waals surface area contributed by atoms with Crippen LogP contribution in [0.15, 0.2) is 77.8 Å². The highest BCUT2D eigenvalue weighted by atomic mass is 32.2. The first-order valence-corrected chi connectivity index (χ1v) is 13.5. The van der Waals surface area contributed by atoms with E-state index in [0.717, 1.165) is 22.3 Å². The van der Waals surface area contributed by atoms with Crippen LogP contribution in [0.3, 0.4) is 0 Å². The van der Waals surface area contributed by atoms with Gasteiger partial charge in [-0.25, -0.2) is 14.7 Å². The number of benzene rings is 2. The van der Waals surface area contributed by atoms with Gasteiger partial charge in [-0.3, -0.25) is 4.79 Å². The zero-order valence-corrected chi connectivity index (χ0v) is 22.2. The van der Waals surface area contributed by atoms with Gasteiger partial charge in [-0.05, 0) is 56.2 Å². The van der Waals surface area contributed by atoms with Crippen LogP contribution in [-0.2, 0) is 10.0 Å². The van der Waals surface area contributed by atoms with E-state index >= 15 is 0 Å². The van der Waals surface area contributed by atoms with Gasteiger partial charge >= 0.3 is 0 Å². The van der Waals surface area contributed by atoms with Crippen LogP contribution in [0.5, 0.6) is 11.6 Å². The number of carbonyl (C=O) groups is 1. The number of rotatable bonds is 9. The normalized spacial score (nSPS) is 11.2. The number of nitrogens with zero attached hydrogens (tertiary/aromatic N) is 2. The van der Waals surface area contributed by atoms with E-state index in [9.17, 15) is 13.2 Å². The molecule has 0 aliphatic carbocycles. The quantitative estimate of drug-likeness (QED) is 0.290. The third kappa shape index (κ3) is 6.16. The van der Waals surface area contributed by atoms with Gasteiger partial charge in [-0.2, -0.15) is 8.42 Å². The molecule has 38 heavy (non-hydrogen) atoms. The Labute approximate surface area is 222 Å². The SMILES string of the molecule is Cc1cc(C)c(Oc2nc(-c3ccccc3)ccc2C(=O)NS(=O)(=O)c2cccc(NCCN)n2)c(C)c1. The molecule has 1 amide bonds. The first-order valence-electron chi connectivity index (χ1n) is 12.0. The molecule has 2 heterocycles. The first-order chi connectivity index (χ1) is 18.2. The minimum atomic E-state index is -4.29. The van der Waals surface area contributed by atoms with E-state index in [2.05, 4.69) is 20.0 Å². The van der Waals surface area contributed by atoms with Gasteiger partial charge in [0.25, 0.3) is 15.9 Å². The Morgan fingerprint density at radius 3 is 2.32 bits per heavy atom. The topological polar surface area (TPSA) is 136 Å². The van der Waals surface area contributed by atoms with Crippen LogP contribution in [-0.4, -0.2) is 37.4 Å². The number of carbonyl (C=O) groups excluding carboxylic acids is 1. The zero-order chi connectivity index (χ0) is 27.3. The summed E-state index contributed by atoms with van der Waals surface area (Å²) in [7, 11) is -4.29. The van der Waals surface area contributed by atoms with Gasteiger partial charge in [0.2, 0.25) is 5.88 Å². The Morgan fingerprint density at radius 1 is 0.921 bits per heavy atom. The number of aromatic nitrogens is 2. The molecule has 0 aliphatic heterocycles. The average molecular weight is 532 g/mol. The second-order valence-corrected chi connectivity index (χ2v) is 10.4. The molecule has 0 fully saturated rings. The van der Waals surface area contributed by atoms with Crippen molar-refractivity contribution < 1.29 is 17.9 Å². The smallest absolute Gasteiger partial charge is 0.281 e. The monoisotopic (exact) mass is 531 g/mol. The average Bonchev–Trinajstić information content (AvgIpc) is 2.90. The van der Waals surface area contributed by atoms with E-state index in [1.54, 1.807) is 12.1 Å². The number of sulfonamides is 1. The molecule has 2 aromatic heterocycles. The van der Waals surface area contributed by atoms with Crippen LogP contribution in [0, 0.1) is 20.8 Å². The molecule has 0 spiro atoms. The molecule has 0 saturated heterocycles. The van der Waals surface area contributed by atoms with E-state index in [1.807, 2.05) is 63.2 Å². The van der Waals surface area contributed by atoms with Gasteiger partial charge in [-0.15, -0.1) is 0 Å². The second-order valence-electron chi connectivity index (χ2n) is 8.76. The molecule has 10 heteroatoms. The Hall–Kier alpha value is -4.28. The molecule has 0 saturated carbocycles. The summed E-state index contributed by atoms with van der Waals surface area (Å²) in [4.78, 5) is 22.0. The van der Waals surface area contributed by atoms with E-state index in [4.69, 9.17) is 10.5 Å². The van der Waals surface area contributed by atoms with Crippen LogP contribution in [0.25, 0.3) is 11.3 Å². The fraction of sp³-hybridized carbons (Fsp3) is 0.179. The Bertz CT molecular complexity index is 1550. The summed E-state index contributed by atoms with van der Waals surface area (Å²) in [6.07, 6.45) is 0. The van der Waals surface area contributed by atoms with E-state index < -0.39 is 15.9 Å². The highest BCUT2D eigenvalue weighted by molar-refractivity contribution is 7.90. The molecule has 4 rings (SSSR count).